The number of rotatable bonds is 11. The van der Waals surface area contributed by atoms with Gasteiger partial charge in [-0.1, -0.05) is 48.5 Å². The van der Waals surface area contributed by atoms with Crippen molar-refractivity contribution in [1.29, 1.82) is 0 Å². The number of ether oxygens (including phenoxy) is 2. The van der Waals surface area contributed by atoms with Crippen LogP contribution in [0.1, 0.15) is 18.1 Å². The van der Waals surface area contributed by atoms with Crippen LogP contribution in [0, 0.1) is 0 Å². The minimum atomic E-state index is -0.628. The van der Waals surface area contributed by atoms with E-state index in [1.54, 1.807) is 13.0 Å². The molecule has 0 aliphatic rings. The Hall–Kier alpha value is -2.14. The Morgan fingerprint density at radius 2 is 1.88 bits per heavy atom. The van der Waals surface area contributed by atoms with Gasteiger partial charge in [0.25, 0.3) is 0 Å². The fraction of sp³-hybridized carbons (Fsp3) is 0.333. The van der Waals surface area contributed by atoms with Crippen molar-refractivity contribution >= 4 is 0 Å². The van der Waals surface area contributed by atoms with E-state index in [1.807, 2.05) is 42.5 Å². The van der Waals surface area contributed by atoms with E-state index in [9.17, 15) is 5.11 Å². The second kappa shape index (κ2) is 10.7. The second-order valence-electron chi connectivity index (χ2n) is 5.92. The third-order valence-corrected chi connectivity index (χ3v) is 3.71. The predicted molar refractivity (Wildman–Crippen MR) is 101 cm³/mol. The Morgan fingerprint density at radius 1 is 1.12 bits per heavy atom. The molecule has 0 saturated heterocycles. The minimum absolute atomic E-state index is 0.465. The standard InChI is InChI=1S/C21H27NO3/c1-3-14-24-16-19-10-7-11-20(15-19)25-21(17(2)23)22-13-12-18-8-5-4-6-9-18/h3-11,15,17,21-23H,1,12-14,16H2,2H3. The molecule has 0 fully saturated rings. The van der Waals surface area contributed by atoms with Crippen molar-refractivity contribution in [3.63, 3.8) is 0 Å². The van der Waals surface area contributed by atoms with E-state index < -0.39 is 12.3 Å². The Labute approximate surface area is 150 Å². The van der Waals surface area contributed by atoms with Crippen molar-refractivity contribution in [3.05, 3.63) is 78.4 Å². The third kappa shape index (κ3) is 7.10. The first-order valence-electron chi connectivity index (χ1n) is 8.58. The topological polar surface area (TPSA) is 50.7 Å². The lowest BCUT2D eigenvalue weighted by atomic mass is 10.1. The highest BCUT2D eigenvalue weighted by Gasteiger charge is 2.16. The van der Waals surface area contributed by atoms with Gasteiger partial charge in [-0.2, -0.15) is 0 Å². The molecule has 2 aromatic carbocycles. The summed E-state index contributed by atoms with van der Waals surface area (Å²) >= 11 is 0. The van der Waals surface area contributed by atoms with Crippen molar-refractivity contribution < 1.29 is 14.6 Å². The van der Waals surface area contributed by atoms with Crippen LogP contribution in [0.25, 0.3) is 0 Å². The molecule has 2 unspecified atom stereocenters. The molecule has 25 heavy (non-hydrogen) atoms. The first-order valence-corrected chi connectivity index (χ1v) is 8.58. The van der Waals surface area contributed by atoms with Gasteiger partial charge in [0.15, 0.2) is 6.23 Å². The molecule has 4 heteroatoms. The molecule has 0 aromatic heterocycles. The van der Waals surface area contributed by atoms with Gasteiger partial charge in [0.2, 0.25) is 0 Å². The molecule has 0 aliphatic carbocycles. The average Bonchev–Trinajstić information content (AvgIpc) is 2.62. The van der Waals surface area contributed by atoms with Crippen LogP contribution in [-0.4, -0.2) is 30.6 Å². The summed E-state index contributed by atoms with van der Waals surface area (Å²) in [5.74, 6) is 0.706. The zero-order valence-corrected chi connectivity index (χ0v) is 14.7. The molecule has 0 bridgehead atoms. The highest BCUT2D eigenvalue weighted by molar-refractivity contribution is 5.28. The summed E-state index contributed by atoms with van der Waals surface area (Å²) < 4.78 is 11.4. The number of aliphatic hydroxyl groups is 1. The zero-order chi connectivity index (χ0) is 17.9. The van der Waals surface area contributed by atoms with Gasteiger partial charge in [-0.05, 0) is 36.6 Å². The van der Waals surface area contributed by atoms with Crippen molar-refractivity contribution in [2.45, 2.75) is 32.3 Å². The van der Waals surface area contributed by atoms with Crippen LogP contribution in [0.3, 0.4) is 0 Å². The Kier molecular flexibility index (Phi) is 8.19. The number of nitrogens with one attached hydrogen (secondary N) is 1. The van der Waals surface area contributed by atoms with Gasteiger partial charge in [0.1, 0.15) is 11.9 Å². The van der Waals surface area contributed by atoms with Crippen LogP contribution >= 0.6 is 0 Å². The van der Waals surface area contributed by atoms with Crippen molar-refractivity contribution in [2.75, 3.05) is 13.2 Å². The van der Waals surface area contributed by atoms with Gasteiger partial charge >= 0.3 is 0 Å². The highest BCUT2D eigenvalue weighted by Crippen LogP contribution is 2.16. The molecule has 0 radical (unpaired) electrons. The van der Waals surface area contributed by atoms with E-state index in [-0.39, 0.29) is 0 Å². The lowest BCUT2D eigenvalue weighted by molar-refractivity contribution is 0.0272. The zero-order valence-electron chi connectivity index (χ0n) is 14.7. The molecule has 0 saturated carbocycles. The number of benzene rings is 2. The van der Waals surface area contributed by atoms with E-state index in [0.717, 1.165) is 18.5 Å². The molecule has 0 aliphatic heterocycles. The quantitative estimate of drug-likeness (QED) is 0.374. The smallest absolute Gasteiger partial charge is 0.176 e. The fourth-order valence-electron chi connectivity index (χ4n) is 2.43. The molecular formula is C21H27NO3. The Balaban J connectivity index is 1.87. The first kappa shape index (κ1) is 19.2. The monoisotopic (exact) mass is 341 g/mol. The Bertz CT molecular complexity index is 628. The lowest BCUT2D eigenvalue weighted by Gasteiger charge is -2.23. The molecule has 2 N–H and O–H groups in total. The predicted octanol–water partition coefficient (Wildman–Crippen LogP) is 3.31. The molecule has 0 amide bonds. The fourth-order valence-corrected chi connectivity index (χ4v) is 2.43. The molecule has 2 rings (SSSR count). The van der Waals surface area contributed by atoms with Gasteiger partial charge in [-0.3, -0.25) is 5.32 Å². The maximum atomic E-state index is 9.99. The number of hydrogen-bond donors (Lipinski definition) is 2. The third-order valence-electron chi connectivity index (χ3n) is 3.71. The van der Waals surface area contributed by atoms with Crippen LogP contribution in [0.4, 0.5) is 0 Å². The SMILES string of the molecule is C=CCOCc1cccc(OC(NCCc2ccccc2)C(C)O)c1. The summed E-state index contributed by atoms with van der Waals surface area (Å²) in [6.45, 7) is 7.10. The molecular weight excluding hydrogens is 314 g/mol. The van der Waals surface area contributed by atoms with Gasteiger partial charge < -0.3 is 14.6 Å². The van der Waals surface area contributed by atoms with Gasteiger partial charge in [0, 0.05) is 6.54 Å². The maximum Gasteiger partial charge on any atom is 0.176 e. The largest absolute Gasteiger partial charge is 0.473 e. The first-order chi connectivity index (χ1) is 12.2. The summed E-state index contributed by atoms with van der Waals surface area (Å²) in [6, 6.07) is 17.9. The second-order valence-corrected chi connectivity index (χ2v) is 5.92. The summed E-state index contributed by atoms with van der Waals surface area (Å²) in [5, 5.41) is 13.3. The van der Waals surface area contributed by atoms with E-state index in [1.165, 1.54) is 5.56 Å². The van der Waals surface area contributed by atoms with E-state index in [0.29, 0.717) is 19.0 Å². The van der Waals surface area contributed by atoms with E-state index in [4.69, 9.17) is 9.47 Å². The Morgan fingerprint density at radius 3 is 2.60 bits per heavy atom. The van der Waals surface area contributed by atoms with Crippen LogP contribution in [-0.2, 0) is 17.8 Å². The summed E-state index contributed by atoms with van der Waals surface area (Å²) in [7, 11) is 0. The molecule has 0 spiro atoms. The highest BCUT2D eigenvalue weighted by atomic mass is 16.5. The van der Waals surface area contributed by atoms with Crippen LogP contribution < -0.4 is 10.1 Å². The van der Waals surface area contributed by atoms with Gasteiger partial charge in [-0.25, -0.2) is 0 Å². The molecule has 0 heterocycles. The number of aliphatic hydroxyl groups excluding tert-OH is 1. The lowest BCUT2D eigenvalue weighted by Crippen LogP contribution is -2.43. The average molecular weight is 341 g/mol. The van der Waals surface area contributed by atoms with E-state index in [2.05, 4.69) is 24.0 Å². The van der Waals surface area contributed by atoms with Crippen LogP contribution in [0.15, 0.2) is 67.3 Å². The molecule has 4 nitrogen and oxygen atoms in total. The van der Waals surface area contributed by atoms with Crippen LogP contribution in [0.5, 0.6) is 5.75 Å². The molecule has 134 valence electrons. The van der Waals surface area contributed by atoms with Crippen LogP contribution in [0.2, 0.25) is 0 Å². The van der Waals surface area contributed by atoms with Crippen molar-refractivity contribution in [1.82, 2.24) is 5.32 Å². The molecule has 2 aromatic rings. The summed E-state index contributed by atoms with van der Waals surface area (Å²) in [4.78, 5) is 0. The summed E-state index contributed by atoms with van der Waals surface area (Å²) in [6.07, 6.45) is 1.51. The normalized spacial score (nSPS) is 13.2. The number of hydrogen-bond acceptors (Lipinski definition) is 4. The maximum absolute atomic E-state index is 9.99. The van der Waals surface area contributed by atoms with Gasteiger partial charge in [-0.15, -0.1) is 6.58 Å². The summed E-state index contributed by atoms with van der Waals surface area (Å²) in [5.41, 5.74) is 2.27. The van der Waals surface area contributed by atoms with Crippen molar-refractivity contribution in [3.8, 4) is 5.75 Å². The van der Waals surface area contributed by atoms with E-state index >= 15 is 0 Å². The molecule has 2 atom stereocenters. The minimum Gasteiger partial charge on any atom is -0.473 e. The van der Waals surface area contributed by atoms with Crippen molar-refractivity contribution in [2.24, 2.45) is 0 Å². The van der Waals surface area contributed by atoms with Gasteiger partial charge in [0.05, 0.1) is 13.2 Å².